The zero-order chi connectivity index (χ0) is 15.0. The number of rotatable bonds is 8. The van der Waals surface area contributed by atoms with Gasteiger partial charge in [0.15, 0.2) is 0 Å². The van der Waals surface area contributed by atoms with Crippen LogP contribution in [0.25, 0.3) is 0 Å². The second-order valence-corrected chi connectivity index (χ2v) is 7.66. The number of carbonyl (C=O) groups excluding carboxylic acids is 1. The van der Waals surface area contributed by atoms with Crippen LogP contribution >= 0.6 is 11.8 Å². The van der Waals surface area contributed by atoms with Gasteiger partial charge in [0.1, 0.15) is 0 Å². The number of benzene rings is 1. The lowest BCUT2D eigenvalue weighted by Gasteiger charge is -2.12. The van der Waals surface area contributed by atoms with Crippen molar-refractivity contribution in [3.63, 3.8) is 0 Å². The molecule has 0 bridgehead atoms. The maximum absolute atomic E-state index is 12.0. The van der Waals surface area contributed by atoms with E-state index in [9.17, 15) is 9.00 Å². The summed E-state index contributed by atoms with van der Waals surface area (Å²) in [6.45, 7) is 4.08. The maximum Gasteiger partial charge on any atom is 0.237 e. The van der Waals surface area contributed by atoms with E-state index in [-0.39, 0.29) is 11.2 Å². The third kappa shape index (κ3) is 6.57. The number of unbranched alkanes of at least 4 members (excludes halogenated alkanes) is 1. The van der Waals surface area contributed by atoms with Crippen LogP contribution in [0, 0.1) is 0 Å². The predicted molar refractivity (Wildman–Crippen MR) is 89.7 cm³/mol. The predicted octanol–water partition coefficient (Wildman–Crippen LogP) is 3.43. The molecule has 0 aliphatic rings. The topological polar surface area (TPSA) is 46.2 Å². The number of nitrogens with one attached hydrogen (secondary N) is 1. The fourth-order valence-corrected chi connectivity index (χ4v) is 3.37. The van der Waals surface area contributed by atoms with Gasteiger partial charge >= 0.3 is 0 Å². The zero-order valence-corrected chi connectivity index (χ0v) is 14.0. The fourth-order valence-electron chi connectivity index (χ4n) is 1.70. The highest BCUT2D eigenvalue weighted by molar-refractivity contribution is 8.00. The van der Waals surface area contributed by atoms with E-state index in [1.54, 1.807) is 18.0 Å². The summed E-state index contributed by atoms with van der Waals surface area (Å²) < 4.78 is 11.2. The Morgan fingerprint density at radius 3 is 2.85 bits per heavy atom. The molecule has 0 spiro atoms. The first kappa shape index (κ1) is 17.2. The molecular weight excluding hydrogens is 290 g/mol. The molecule has 0 aliphatic heterocycles. The number of carbonyl (C=O) groups is 1. The Bertz CT molecular complexity index is 463. The Morgan fingerprint density at radius 1 is 1.45 bits per heavy atom. The van der Waals surface area contributed by atoms with Gasteiger partial charge in [-0.25, -0.2) is 0 Å². The van der Waals surface area contributed by atoms with E-state index in [0.29, 0.717) is 5.75 Å². The van der Waals surface area contributed by atoms with Gasteiger partial charge in [-0.3, -0.25) is 9.00 Å². The van der Waals surface area contributed by atoms with Crippen molar-refractivity contribution in [2.75, 3.05) is 17.3 Å². The lowest BCUT2D eigenvalue weighted by Crippen LogP contribution is -2.22. The standard InChI is InChI=1S/C15H23NO2S2/c1-4-5-9-19-12(2)15(17)16-14-8-6-7-13(10-14)11-20(3)18/h6-8,10,12H,4-5,9,11H2,1-3H3,(H,16,17)/t12-,20-/m0/s1. The minimum absolute atomic E-state index is 0.0286. The quantitative estimate of drug-likeness (QED) is 0.748. The van der Waals surface area contributed by atoms with Crippen molar-refractivity contribution >= 4 is 34.2 Å². The third-order valence-corrected chi connectivity index (χ3v) is 4.78. The summed E-state index contributed by atoms with van der Waals surface area (Å²) in [5.41, 5.74) is 1.76. The van der Waals surface area contributed by atoms with Crippen molar-refractivity contribution in [3.8, 4) is 0 Å². The van der Waals surface area contributed by atoms with E-state index in [0.717, 1.165) is 29.8 Å². The molecule has 1 N–H and O–H groups in total. The fraction of sp³-hybridized carbons (Fsp3) is 0.533. The van der Waals surface area contributed by atoms with Crippen LogP contribution in [0.15, 0.2) is 24.3 Å². The average molecular weight is 313 g/mol. The molecule has 1 amide bonds. The van der Waals surface area contributed by atoms with Gasteiger partial charge < -0.3 is 5.32 Å². The first-order valence-corrected chi connectivity index (χ1v) is 9.62. The van der Waals surface area contributed by atoms with Crippen molar-refractivity contribution in [2.24, 2.45) is 0 Å². The lowest BCUT2D eigenvalue weighted by atomic mass is 10.2. The molecule has 0 unspecified atom stereocenters. The summed E-state index contributed by atoms with van der Waals surface area (Å²) in [6, 6.07) is 7.56. The average Bonchev–Trinajstić information content (AvgIpc) is 2.38. The minimum atomic E-state index is -0.869. The molecule has 20 heavy (non-hydrogen) atoms. The molecule has 0 saturated carbocycles. The Morgan fingerprint density at radius 2 is 2.20 bits per heavy atom. The number of thioether (sulfide) groups is 1. The van der Waals surface area contributed by atoms with E-state index >= 15 is 0 Å². The van der Waals surface area contributed by atoms with E-state index in [4.69, 9.17) is 0 Å². The molecule has 3 nitrogen and oxygen atoms in total. The molecule has 0 radical (unpaired) electrons. The van der Waals surface area contributed by atoms with Crippen LogP contribution in [0.4, 0.5) is 5.69 Å². The number of hydrogen-bond donors (Lipinski definition) is 1. The summed E-state index contributed by atoms with van der Waals surface area (Å²) in [4.78, 5) is 12.0. The van der Waals surface area contributed by atoms with Crippen molar-refractivity contribution in [1.82, 2.24) is 0 Å². The van der Waals surface area contributed by atoms with E-state index < -0.39 is 10.8 Å². The SMILES string of the molecule is CCCCS[C@@H](C)C(=O)Nc1cccc(C[S@](C)=O)c1. The van der Waals surface area contributed by atoms with Gasteiger partial charge in [-0.15, -0.1) is 11.8 Å². The first-order valence-electron chi connectivity index (χ1n) is 6.84. The summed E-state index contributed by atoms with van der Waals surface area (Å²) in [5.74, 6) is 1.56. The summed E-state index contributed by atoms with van der Waals surface area (Å²) in [6.07, 6.45) is 3.97. The van der Waals surface area contributed by atoms with Crippen LogP contribution in [0.5, 0.6) is 0 Å². The molecule has 1 rings (SSSR count). The summed E-state index contributed by atoms with van der Waals surface area (Å²) in [7, 11) is -0.869. The zero-order valence-electron chi connectivity index (χ0n) is 12.3. The molecule has 0 aliphatic carbocycles. The summed E-state index contributed by atoms with van der Waals surface area (Å²) in [5, 5.41) is 2.87. The second-order valence-electron chi connectivity index (χ2n) is 4.77. The smallest absolute Gasteiger partial charge is 0.237 e. The number of amides is 1. The first-order chi connectivity index (χ1) is 9.52. The molecule has 112 valence electrons. The van der Waals surface area contributed by atoms with Crippen molar-refractivity contribution in [1.29, 1.82) is 0 Å². The van der Waals surface area contributed by atoms with E-state index in [1.165, 1.54) is 0 Å². The van der Waals surface area contributed by atoms with Crippen LogP contribution < -0.4 is 5.32 Å². The van der Waals surface area contributed by atoms with Crippen LogP contribution in [0.3, 0.4) is 0 Å². The largest absolute Gasteiger partial charge is 0.325 e. The second kappa shape index (κ2) is 9.19. The van der Waals surface area contributed by atoms with Crippen LogP contribution in [-0.4, -0.2) is 27.4 Å². The minimum Gasteiger partial charge on any atom is -0.325 e. The van der Waals surface area contributed by atoms with Crippen molar-refractivity contribution < 1.29 is 9.00 Å². The van der Waals surface area contributed by atoms with Gasteiger partial charge in [-0.05, 0) is 36.8 Å². The maximum atomic E-state index is 12.0. The van der Waals surface area contributed by atoms with Gasteiger partial charge in [0, 0.05) is 28.5 Å². The highest BCUT2D eigenvalue weighted by atomic mass is 32.2. The molecule has 0 saturated heterocycles. The normalized spacial score (nSPS) is 13.8. The van der Waals surface area contributed by atoms with Gasteiger partial charge in [0.2, 0.25) is 5.91 Å². The van der Waals surface area contributed by atoms with E-state index in [1.807, 2.05) is 31.2 Å². The molecule has 1 aromatic rings. The van der Waals surface area contributed by atoms with Crippen molar-refractivity contribution in [2.45, 2.75) is 37.7 Å². The molecule has 0 heterocycles. The lowest BCUT2D eigenvalue weighted by molar-refractivity contribution is -0.115. The Hall–Kier alpha value is -0.810. The number of anilines is 1. The van der Waals surface area contributed by atoms with Crippen LogP contribution in [0.2, 0.25) is 0 Å². The molecule has 0 aromatic heterocycles. The Labute approximate surface area is 128 Å². The Kier molecular flexibility index (Phi) is 7.92. The van der Waals surface area contributed by atoms with Gasteiger partial charge in [-0.1, -0.05) is 25.5 Å². The monoisotopic (exact) mass is 313 g/mol. The third-order valence-electron chi connectivity index (χ3n) is 2.80. The molecule has 0 fully saturated rings. The highest BCUT2D eigenvalue weighted by Crippen LogP contribution is 2.17. The Balaban J connectivity index is 2.54. The number of hydrogen-bond acceptors (Lipinski definition) is 3. The van der Waals surface area contributed by atoms with Crippen molar-refractivity contribution in [3.05, 3.63) is 29.8 Å². The van der Waals surface area contributed by atoms with Gasteiger partial charge in [0.25, 0.3) is 0 Å². The molecule has 2 atom stereocenters. The molecule has 5 heteroatoms. The van der Waals surface area contributed by atoms with Gasteiger partial charge in [-0.2, -0.15) is 0 Å². The van der Waals surface area contributed by atoms with Crippen LogP contribution in [-0.2, 0) is 21.3 Å². The highest BCUT2D eigenvalue weighted by Gasteiger charge is 2.13. The summed E-state index contributed by atoms with van der Waals surface area (Å²) >= 11 is 1.68. The molecular formula is C15H23NO2S2. The van der Waals surface area contributed by atoms with Crippen LogP contribution in [0.1, 0.15) is 32.3 Å². The van der Waals surface area contributed by atoms with E-state index in [2.05, 4.69) is 12.2 Å². The molecule has 1 aromatic carbocycles. The van der Waals surface area contributed by atoms with Gasteiger partial charge in [0.05, 0.1) is 5.25 Å².